The molecule has 1 rings (SSSR count). The molecule has 22 heavy (non-hydrogen) atoms. The number of aryl methyl sites for hydroxylation is 1. The first-order valence-corrected chi connectivity index (χ1v) is 8.57. The Balaban J connectivity index is 2.58. The Morgan fingerprint density at radius 2 is 1.64 bits per heavy atom. The second-order valence-corrected chi connectivity index (χ2v) is 7.24. The van der Waals surface area contributed by atoms with Gasteiger partial charge < -0.3 is 17.2 Å². The Morgan fingerprint density at radius 3 is 2.14 bits per heavy atom. The van der Waals surface area contributed by atoms with Gasteiger partial charge >= 0.3 is 0 Å². The molecule has 1 amide bonds. The molecule has 120 valence electrons. The van der Waals surface area contributed by atoms with Crippen LogP contribution in [0.25, 0.3) is 0 Å². The molecular weight excluding hydrogens is 318 g/mol. The molecule has 0 aliphatic carbocycles. The maximum absolute atomic E-state index is 11.1. The van der Waals surface area contributed by atoms with Crippen molar-refractivity contribution in [3.8, 4) is 0 Å². The van der Waals surface area contributed by atoms with E-state index in [0.717, 1.165) is 29.5 Å². The third-order valence-electron chi connectivity index (χ3n) is 2.86. The maximum Gasteiger partial charge on any atom is 0.218 e. The van der Waals surface area contributed by atoms with E-state index in [1.807, 2.05) is 24.3 Å². The van der Waals surface area contributed by atoms with E-state index in [1.54, 1.807) is 0 Å². The SMILES string of the molecule is N=C(N)SCCc1ccc(C[C@@H](CC(N)=O)SC(=N)N)cc1. The van der Waals surface area contributed by atoms with Crippen LogP contribution in [0.3, 0.4) is 0 Å². The number of nitrogens with one attached hydrogen (secondary N) is 2. The number of rotatable bonds is 8. The normalized spacial score (nSPS) is 11.8. The van der Waals surface area contributed by atoms with Crippen LogP contribution in [0.1, 0.15) is 17.5 Å². The summed E-state index contributed by atoms with van der Waals surface area (Å²) in [6.45, 7) is 0. The Bertz CT molecular complexity index is 517. The summed E-state index contributed by atoms with van der Waals surface area (Å²) in [4.78, 5) is 11.1. The Labute approximate surface area is 138 Å². The van der Waals surface area contributed by atoms with E-state index in [-0.39, 0.29) is 22.0 Å². The van der Waals surface area contributed by atoms with Crippen LogP contribution in [0.2, 0.25) is 0 Å². The van der Waals surface area contributed by atoms with Crippen LogP contribution in [0.5, 0.6) is 0 Å². The number of benzene rings is 1. The predicted molar refractivity (Wildman–Crippen MR) is 95.3 cm³/mol. The zero-order valence-electron chi connectivity index (χ0n) is 12.2. The molecule has 8 N–H and O–H groups in total. The lowest BCUT2D eigenvalue weighted by atomic mass is 10.0. The molecule has 0 saturated carbocycles. The average Bonchev–Trinajstić information content (AvgIpc) is 2.38. The van der Waals surface area contributed by atoms with Gasteiger partial charge in [0.2, 0.25) is 5.91 Å². The first-order valence-electron chi connectivity index (χ1n) is 6.70. The van der Waals surface area contributed by atoms with Gasteiger partial charge in [-0.3, -0.25) is 15.6 Å². The Kier molecular flexibility index (Phi) is 7.83. The third-order valence-corrected chi connectivity index (χ3v) is 4.50. The van der Waals surface area contributed by atoms with E-state index in [9.17, 15) is 4.79 Å². The lowest BCUT2D eigenvalue weighted by Crippen LogP contribution is -2.22. The minimum absolute atomic E-state index is 0.0101. The topological polar surface area (TPSA) is 143 Å². The Hall–Kier alpha value is -1.67. The molecule has 0 aromatic heterocycles. The summed E-state index contributed by atoms with van der Waals surface area (Å²) in [5.74, 6) is 0.385. The molecule has 1 atom stereocenters. The molecule has 0 heterocycles. The average molecular weight is 339 g/mol. The molecule has 0 radical (unpaired) electrons. The van der Waals surface area contributed by atoms with E-state index in [2.05, 4.69) is 0 Å². The highest BCUT2D eigenvalue weighted by Crippen LogP contribution is 2.20. The monoisotopic (exact) mass is 339 g/mol. The van der Waals surface area contributed by atoms with Gasteiger partial charge in [-0.05, 0) is 24.0 Å². The van der Waals surface area contributed by atoms with Crippen molar-refractivity contribution in [1.82, 2.24) is 0 Å². The fourth-order valence-electron chi connectivity index (χ4n) is 1.94. The quantitative estimate of drug-likeness (QED) is 0.358. The van der Waals surface area contributed by atoms with Crippen molar-refractivity contribution in [3.63, 3.8) is 0 Å². The lowest BCUT2D eigenvalue weighted by Gasteiger charge is -2.14. The number of hydrogen-bond acceptors (Lipinski definition) is 5. The summed E-state index contributed by atoms with van der Waals surface area (Å²) < 4.78 is 0. The van der Waals surface area contributed by atoms with Crippen molar-refractivity contribution in [1.29, 1.82) is 10.8 Å². The standard InChI is InChI=1S/C14H21N5OS2/c15-12(20)8-11(22-14(18)19)7-10-3-1-9(2-4-10)5-6-21-13(16)17/h1-4,11H,5-8H2,(H2,15,20)(H3,16,17)(H3,18,19)/t11-/m0/s1. The molecule has 8 heteroatoms. The van der Waals surface area contributed by atoms with E-state index in [4.69, 9.17) is 28.0 Å². The molecule has 0 saturated heterocycles. The molecule has 0 aliphatic rings. The molecule has 0 fully saturated rings. The van der Waals surface area contributed by atoms with Gasteiger partial charge in [0, 0.05) is 17.4 Å². The molecule has 0 aliphatic heterocycles. The van der Waals surface area contributed by atoms with Gasteiger partial charge in [-0.15, -0.1) is 0 Å². The van der Waals surface area contributed by atoms with Crippen LogP contribution in [0, 0.1) is 10.8 Å². The number of amides is 1. The zero-order chi connectivity index (χ0) is 16.5. The summed E-state index contributed by atoms with van der Waals surface area (Å²) in [5, 5.41) is 14.5. The summed E-state index contributed by atoms with van der Waals surface area (Å²) in [7, 11) is 0. The third kappa shape index (κ3) is 7.94. The highest BCUT2D eigenvalue weighted by molar-refractivity contribution is 8.14. The van der Waals surface area contributed by atoms with Crippen molar-refractivity contribution in [2.75, 3.05) is 5.75 Å². The number of carbonyl (C=O) groups excluding carboxylic acids is 1. The van der Waals surface area contributed by atoms with Gasteiger partial charge in [-0.2, -0.15) is 0 Å². The van der Waals surface area contributed by atoms with E-state index in [0.29, 0.717) is 6.42 Å². The fourth-order valence-corrected chi connectivity index (χ4v) is 3.38. The first kappa shape index (κ1) is 18.4. The molecule has 0 unspecified atom stereocenters. The summed E-state index contributed by atoms with van der Waals surface area (Å²) in [6, 6.07) is 8.05. The van der Waals surface area contributed by atoms with Crippen LogP contribution in [0.15, 0.2) is 24.3 Å². The molecule has 1 aromatic rings. The van der Waals surface area contributed by atoms with E-state index >= 15 is 0 Å². The molecule has 0 spiro atoms. The number of primary amides is 1. The predicted octanol–water partition coefficient (Wildman–Crippen LogP) is 1.27. The van der Waals surface area contributed by atoms with Crippen LogP contribution < -0.4 is 17.2 Å². The molecule has 0 bridgehead atoms. The molecule has 6 nitrogen and oxygen atoms in total. The molecular formula is C14H21N5OS2. The van der Waals surface area contributed by atoms with Crippen molar-refractivity contribution < 1.29 is 4.79 Å². The van der Waals surface area contributed by atoms with Crippen molar-refractivity contribution >= 4 is 39.8 Å². The van der Waals surface area contributed by atoms with E-state index in [1.165, 1.54) is 17.3 Å². The Morgan fingerprint density at radius 1 is 1.05 bits per heavy atom. The zero-order valence-corrected chi connectivity index (χ0v) is 13.8. The number of hydrogen-bond donors (Lipinski definition) is 5. The van der Waals surface area contributed by atoms with Gasteiger partial charge in [0.1, 0.15) is 0 Å². The van der Waals surface area contributed by atoms with E-state index < -0.39 is 5.91 Å². The van der Waals surface area contributed by atoms with Gasteiger partial charge in [0.25, 0.3) is 0 Å². The smallest absolute Gasteiger partial charge is 0.218 e. The van der Waals surface area contributed by atoms with Gasteiger partial charge in [0.05, 0.1) is 0 Å². The summed E-state index contributed by atoms with van der Waals surface area (Å²) >= 11 is 2.49. The summed E-state index contributed by atoms with van der Waals surface area (Å²) in [6.07, 6.45) is 1.67. The first-order chi connectivity index (χ1) is 10.4. The van der Waals surface area contributed by atoms with Gasteiger partial charge in [0.15, 0.2) is 10.3 Å². The van der Waals surface area contributed by atoms with Crippen LogP contribution in [-0.2, 0) is 17.6 Å². The minimum Gasteiger partial charge on any atom is -0.379 e. The second-order valence-electron chi connectivity index (χ2n) is 4.76. The van der Waals surface area contributed by atoms with Crippen molar-refractivity contribution in [2.45, 2.75) is 24.5 Å². The van der Waals surface area contributed by atoms with Crippen LogP contribution >= 0.6 is 23.5 Å². The molecule has 1 aromatic carbocycles. The van der Waals surface area contributed by atoms with Crippen LogP contribution in [-0.4, -0.2) is 27.2 Å². The highest BCUT2D eigenvalue weighted by atomic mass is 32.2. The maximum atomic E-state index is 11.1. The van der Waals surface area contributed by atoms with Crippen molar-refractivity contribution in [3.05, 3.63) is 35.4 Å². The number of carbonyl (C=O) groups is 1. The van der Waals surface area contributed by atoms with Gasteiger partial charge in [-0.1, -0.05) is 47.8 Å². The van der Waals surface area contributed by atoms with Gasteiger partial charge in [-0.25, -0.2) is 0 Å². The highest BCUT2D eigenvalue weighted by Gasteiger charge is 2.15. The number of amidine groups is 2. The number of thioether (sulfide) groups is 2. The lowest BCUT2D eigenvalue weighted by molar-refractivity contribution is -0.117. The van der Waals surface area contributed by atoms with Crippen molar-refractivity contribution in [2.24, 2.45) is 17.2 Å². The minimum atomic E-state index is -0.392. The van der Waals surface area contributed by atoms with Crippen LogP contribution in [0.4, 0.5) is 0 Å². The second kappa shape index (κ2) is 9.37. The summed E-state index contributed by atoms with van der Waals surface area (Å²) in [5.41, 5.74) is 18.2. The number of nitrogens with two attached hydrogens (primary N) is 3. The fraction of sp³-hybridized carbons (Fsp3) is 0.357. The largest absolute Gasteiger partial charge is 0.379 e.